The quantitative estimate of drug-likeness (QED) is 0.151. The maximum Gasteiger partial charge on any atom is 0.586 e. The summed E-state index contributed by atoms with van der Waals surface area (Å²) in [5, 5.41) is 0. The maximum absolute atomic E-state index is 12.7. The number of ether oxygens (including phenoxy) is 16. The standard InChI is InChI=1S/2C9H8F2O3.5C9H8F2O2/c1-5-3-6(12-2)4-7-8(5)14-9(10,11)13-7;1-5-6(12-2)3-4-7-8(5)14-9(10,11)13-7;1-5-3-7-8(4-6(5)2)13-9(10,11)12-7;2*1-5-3-6(2)8-7(4-5)12-9(10,11)13-8;2*1-5-3-4-7-8(6(5)2)13-9(10,11)12-7/h2*3-4H,1-2H3;5*3-4H,1-2H3. The summed E-state index contributed by atoms with van der Waals surface area (Å²) < 4.78 is 247. The minimum Gasteiger partial charge on any atom is -0.497 e. The van der Waals surface area contributed by atoms with Crippen LogP contribution >= 0.6 is 0 Å². The molecule has 7 aromatic carbocycles. The Morgan fingerprint density at radius 3 is 0.860 bits per heavy atom. The predicted molar refractivity (Wildman–Crippen MR) is 298 cm³/mol. The van der Waals surface area contributed by atoms with E-state index >= 15 is 0 Å². The Morgan fingerprint density at radius 1 is 0.237 bits per heavy atom. The van der Waals surface area contributed by atoms with Crippen LogP contribution in [0.4, 0.5) is 61.5 Å². The van der Waals surface area contributed by atoms with Crippen LogP contribution in [-0.2, 0) is 0 Å². The Balaban J connectivity index is 0.000000139. The first-order valence-electron chi connectivity index (χ1n) is 27.2. The molecule has 0 spiro atoms. The number of alkyl halides is 14. The molecule has 0 unspecified atom stereocenters. The molecule has 0 aliphatic carbocycles. The van der Waals surface area contributed by atoms with Crippen molar-refractivity contribution in [2.45, 2.75) is 127 Å². The summed E-state index contributed by atoms with van der Waals surface area (Å²) in [7, 11) is 2.91. The molecule has 0 N–H and O–H groups in total. The van der Waals surface area contributed by atoms with E-state index in [4.69, 9.17) is 9.47 Å². The van der Waals surface area contributed by atoms with Gasteiger partial charge in [0.05, 0.1) is 14.2 Å². The van der Waals surface area contributed by atoms with E-state index in [0.29, 0.717) is 44.9 Å². The van der Waals surface area contributed by atoms with E-state index in [0.717, 1.165) is 33.4 Å². The summed E-state index contributed by atoms with van der Waals surface area (Å²) in [4.78, 5) is 0. The fourth-order valence-corrected chi connectivity index (χ4v) is 9.11. The lowest BCUT2D eigenvalue weighted by atomic mass is 10.1. The Labute approximate surface area is 521 Å². The zero-order valence-electron chi connectivity index (χ0n) is 51.4. The van der Waals surface area contributed by atoms with Crippen molar-refractivity contribution < 1.29 is 137 Å². The SMILES string of the molecule is COc1cc(C)c2c(c1)OC(F)(F)O2.COc1ccc2c(c1C)OC(F)(F)O2.Cc1cc(C)c2c(c1)OC(F)(F)O2.Cc1cc(C)c2c(c1)OC(F)(F)O2.Cc1cc2c(cc1C)OC(F)(F)O2.Cc1ccc2c(c1C)OC(F)(F)O2.Cc1ccc2c(c1C)OC(F)(F)O2. The largest absolute Gasteiger partial charge is 0.586 e. The summed E-state index contributed by atoms with van der Waals surface area (Å²) in [6.07, 6.45) is -24.7. The highest BCUT2D eigenvalue weighted by molar-refractivity contribution is 5.57. The van der Waals surface area contributed by atoms with Crippen LogP contribution in [-0.4, -0.2) is 58.3 Å². The smallest absolute Gasteiger partial charge is 0.497 e. The van der Waals surface area contributed by atoms with Crippen LogP contribution < -0.4 is 75.8 Å². The molecule has 30 heteroatoms. The number of fused-ring (bicyclic) bond motifs is 7. The van der Waals surface area contributed by atoms with Crippen LogP contribution in [0.15, 0.2) is 84.9 Å². The Hall–Kier alpha value is -9.64. The lowest BCUT2D eigenvalue weighted by Crippen LogP contribution is -2.26. The molecule has 14 rings (SSSR count). The van der Waals surface area contributed by atoms with Gasteiger partial charge in [-0.15, -0.1) is 61.5 Å². The number of hydrogen-bond acceptors (Lipinski definition) is 16. The summed E-state index contributed by atoms with van der Waals surface area (Å²) >= 11 is 0. The highest BCUT2D eigenvalue weighted by Gasteiger charge is 2.49. The zero-order chi connectivity index (χ0) is 68.9. The van der Waals surface area contributed by atoms with Crippen LogP contribution in [0, 0.1) is 83.1 Å². The van der Waals surface area contributed by atoms with E-state index in [9.17, 15) is 61.5 Å². The molecule has 0 atom stereocenters. The molecule has 0 saturated heterocycles. The van der Waals surface area contributed by atoms with Gasteiger partial charge < -0.3 is 75.8 Å². The first-order chi connectivity index (χ1) is 43.0. The number of halogens is 14. The van der Waals surface area contributed by atoms with E-state index in [1.807, 2.05) is 41.5 Å². The Bertz CT molecular complexity index is 3790. The maximum atomic E-state index is 12.7. The molecule has 0 bridgehead atoms. The van der Waals surface area contributed by atoms with Crippen molar-refractivity contribution in [3.8, 4) is 92.0 Å². The number of hydrogen-bond donors (Lipinski definition) is 0. The molecule has 7 heterocycles. The normalized spacial score (nSPS) is 17.3. The monoisotopic (exact) mass is 1330 g/mol. The van der Waals surface area contributed by atoms with Crippen molar-refractivity contribution in [2.24, 2.45) is 0 Å². The molecule has 502 valence electrons. The van der Waals surface area contributed by atoms with Crippen molar-refractivity contribution >= 4 is 0 Å². The van der Waals surface area contributed by atoms with Gasteiger partial charge in [-0.2, -0.15) is 0 Å². The van der Waals surface area contributed by atoms with E-state index < -0.39 is 44.1 Å². The number of aryl methyl sites for hydroxylation is 9. The van der Waals surface area contributed by atoms with Gasteiger partial charge in [0.15, 0.2) is 80.5 Å². The van der Waals surface area contributed by atoms with Crippen LogP contribution in [0.1, 0.15) is 66.8 Å². The van der Waals surface area contributed by atoms with Gasteiger partial charge in [0.1, 0.15) is 11.5 Å². The highest BCUT2D eigenvalue weighted by Crippen LogP contribution is 2.50. The van der Waals surface area contributed by atoms with Gasteiger partial charge in [-0.3, -0.25) is 0 Å². The zero-order valence-corrected chi connectivity index (χ0v) is 51.4. The fourth-order valence-electron chi connectivity index (χ4n) is 9.11. The molecule has 16 nitrogen and oxygen atoms in total. The third kappa shape index (κ3) is 16.5. The predicted octanol–water partition coefficient (Wildman–Crippen LogP) is 17.8. The van der Waals surface area contributed by atoms with E-state index in [2.05, 4.69) is 66.3 Å². The molecule has 0 amide bonds. The van der Waals surface area contributed by atoms with Gasteiger partial charge in [0.2, 0.25) is 0 Å². The number of rotatable bonds is 2. The molecule has 93 heavy (non-hydrogen) atoms. The minimum absolute atomic E-state index is 0.00634. The second-order valence-electron chi connectivity index (χ2n) is 21.0. The first-order valence-corrected chi connectivity index (χ1v) is 27.2. The molecule has 0 aromatic heterocycles. The number of benzene rings is 7. The average molecular weight is 1340 g/mol. The van der Waals surface area contributed by atoms with Crippen LogP contribution in [0.3, 0.4) is 0 Å². The summed E-state index contributed by atoms with van der Waals surface area (Å²) in [5.41, 5.74) is 9.11. The van der Waals surface area contributed by atoms with Gasteiger partial charge in [0, 0.05) is 11.6 Å². The molecule has 0 saturated carbocycles. The number of methoxy groups -OCH3 is 2. The van der Waals surface area contributed by atoms with Gasteiger partial charge in [0.25, 0.3) is 0 Å². The van der Waals surface area contributed by atoms with Crippen molar-refractivity contribution in [1.82, 2.24) is 0 Å². The third-order valence-corrected chi connectivity index (χ3v) is 13.8. The molecule has 0 radical (unpaired) electrons. The topological polar surface area (TPSA) is 148 Å². The summed E-state index contributed by atoms with van der Waals surface area (Å²) in [6.45, 7) is 21.1. The molecular formula is C63H56F14O16. The summed E-state index contributed by atoms with van der Waals surface area (Å²) in [5.74, 6) is 2.30. The second-order valence-corrected chi connectivity index (χ2v) is 21.0. The lowest BCUT2D eigenvalue weighted by Gasteiger charge is -2.06. The molecule has 0 fully saturated rings. The van der Waals surface area contributed by atoms with E-state index in [1.165, 1.54) is 50.6 Å². The Kier molecular flexibility index (Phi) is 19.0. The molecule has 7 aliphatic heterocycles. The van der Waals surface area contributed by atoms with Gasteiger partial charge in [-0.25, -0.2) is 0 Å². The lowest BCUT2D eigenvalue weighted by molar-refractivity contribution is -0.287. The highest BCUT2D eigenvalue weighted by atomic mass is 19.3. The molecule has 7 aliphatic rings. The van der Waals surface area contributed by atoms with Crippen LogP contribution in [0.25, 0.3) is 0 Å². The van der Waals surface area contributed by atoms with E-state index in [-0.39, 0.29) is 80.5 Å². The fraction of sp³-hybridized carbons (Fsp3) is 0.333. The van der Waals surface area contributed by atoms with Crippen molar-refractivity contribution in [2.75, 3.05) is 14.2 Å². The van der Waals surface area contributed by atoms with Crippen molar-refractivity contribution in [3.05, 3.63) is 152 Å². The van der Waals surface area contributed by atoms with Crippen molar-refractivity contribution in [3.63, 3.8) is 0 Å². The van der Waals surface area contributed by atoms with Crippen molar-refractivity contribution in [1.29, 1.82) is 0 Å². The second kappa shape index (κ2) is 25.5. The minimum atomic E-state index is -3.57. The van der Waals surface area contributed by atoms with Crippen LogP contribution in [0.5, 0.6) is 92.0 Å². The summed E-state index contributed by atoms with van der Waals surface area (Å²) in [6, 6.07) is 22.0. The van der Waals surface area contributed by atoms with Gasteiger partial charge >= 0.3 is 44.1 Å². The van der Waals surface area contributed by atoms with Gasteiger partial charge in [-0.1, -0.05) is 24.3 Å². The average Bonchev–Trinajstić information content (AvgIpc) is 1.73. The van der Waals surface area contributed by atoms with Crippen LogP contribution in [0.2, 0.25) is 0 Å². The van der Waals surface area contributed by atoms with E-state index in [1.54, 1.807) is 90.1 Å². The Morgan fingerprint density at radius 2 is 0.516 bits per heavy atom. The third-order valence-electron chi connectivity index (χ3n) is 13.8. The van der Waals surface area contributed by atoms with Gasteiger partial charge in [-0.05, 0) is 199 Å². The molecular weight excluding hydrogens is 1280 g/mol. The first kappa shape index (κ1) is 69.3. The molecule has 7 aromatic rings.